The molecule has 1 aromatic rings. The van der Waals surface area contributed by atoms with E-state index in [9.17, 15) is 0 Å². The summed E-state index contributed by atoms with van der Waals surface area (Å²) in [6.45, 7) is 6.66. The molecule has 0 fully saturated rings. The summed E-state index contributed by atoms with van der Waals surface area (Å²) in [5, 5.41) is 4.36. The van der Waals surface area contributed by atoms with Gasteiger partial charge in [0.2, 0.25) is 0 Å². The molecule has 0 aromatic carbocycles. The van der Waals surface area contributed by atoms with Gasteiger partial charge < -0.3 is 10.6 Å². The highest BCUT2D eigenvalue weighted by Crippen LogP contribution is 2.22. The Kier molecular flexibility index (Phi) is 3.61. The third-order valence-electron chi connectivity index (χ3n) is 2.64. The number of rotatable bonds is 4. The van der Waals surface area contributed by atoms with E-state index in [-0.39, 0.29) is 0 Å². The van der Waals surface area contributed by atoms with Gasteiger partial charge in [0.25, 0.3) is 0 Å². The molecule has 0 saturated heterocycles. The molecule has 0 aliphatic heterocycles. The van der Waals surface area contributed by atoms with Gasteiger partial charge in [0, 0.05) is 26.3 Å². The molecule has 0 aliphatic carbocycles. The second kappa shape index (κ2) is 4.55. The Hall–Kier alpha value is -1.19. The summed E-state index contributed by atoms with van der Waals surface area (Å²) in [5.74, 6) is 1.57. The second-order valence-corrected chi connectivity index (χ2v) is 4.67. The van der Waals surface area contributed by atoms with Crippen LogP contribution in [0.4, 0.5) is 11.5 Å². The number of nitrogen functional groups attached to an aromatic ring is 1. The highest BCUT2D eigenvalue weighted by atomic mass is 15.3. The summed E-state index contributed by atoms with van der Waals surface area (Å²) in [5.41, 5.74) is 6.63. The number of nitrogens with zero attached hydrogens (tertiary/aromatic N) is 3. The zero-order chi connectivity index (χ0) is 11.6. The normalized spacial score (nSPS) is 13.2. The molecule has 1 heterocycles. The number of hydrogen-bond acceptors (Lipinski definition) is 3. The highest BCUT2D eigenvalue weighted by Gasteiger charge is 2.16. The summed E-state index contributed by atoms with van der Waals surface area (Å²) in [7, 11) is 3.94. The van der Waals surface area contributed by atoms with Crippen molar-refractivity contribution < 1.29 is 0 Å². The van der Waals surface area contributed by atoms with Crippen LogP contribution in [-0.4, -0.2) is 22.9 Å². The Labute approximate surface area is 92.1 Å². The molecule has 0 aliphatic rings. The molecule has 1 atom stereocenters. The van der Waals surface area contributed by atoms with Crippen molar-refractivity contribution in [3.05, 3.63) is 6.20 Å². The van der Waals surface area contributed by atoms with Crippen LogP contribution in [0.2, 0.25) is 0 Å². The number of aromatic nitrogens is 2. The van der Waals surface area contributed by atoms with Gasteiger partial charge in [0.1, 0.15) is 0 Å². The van der Waals surface area contributed by atoms with Gasteiger partial charge in [-0.15, -0.1) is 0 Å². The van der Waals surface area contributed by atoms with E-state index in [2.05, 4.69) is 30.8 Å². The lowest BCUT2D eigenvalue weighted by molar-refractivity contribution is 0.501. The van der Waals surface area contributed by atoms with Gasteiger partial charge in [0.05, 0.1) is 5.69 Å². The fourth-order valence-corrected chi connectivity index (χ4v) is 1.82. The molecule has 0 amide bonds. The molecule has 1 aromatic heterocycles. The lowest BCUT2D eigenvalue weighted by Gasteiger charge is -2.26. The fraction of sp³-hybridized carbons (Fsp3) is 0.727. The van der Waals surface area contributed by atoms with Crippen LogP contribution in [0.5, 0.6) is 0 Å². The van der Waals surface area contributed by atoms with E-state index in [0.29, 0.717) is 12.0 Å². The Morgan fingerprint density at radius 1 is 1.47 bits per heavy atom. The van der Waals surface area contributed by atoms with Gasteiger partial charge in [-0.05, 0) is 19.3 Å². The van der Waals surface area contributed by atoms with Crippen LogP contribution in [0, 0.1) is 5.92 Å². The minimum atomic E-state index is 0.460. The van der Waals surface area contributed by atoms with E-state index in [1.807, 2.05) is 20.3 Å². The first-order valence-electron chi connectivity index (χ1n) is 5.43. The first kappa shape index (κ1) is 11.9. The van der Waals surface area contributed by atoms with Crippen molar-refractivity contribution >= 4 is 11.5 Å². The van der Waals surface area contributed by atoms with Crippen LogP contribution in [0.1, 0.15) is 27.2 Å². The van der Waals surface area contributed by atoms with Crippen LogP contribution in [-0.2, 0) is 7.05 Å². The molecular formula is C11H22N4. The van der Waals surface area contributed by atoms with E-state index < -0.39 is 0 Å². The molecule has 86 valence electrons. The van der Waals surface area contributed by atoms with Crippen LogP contribution >= 0.6 is 0 Å². The maximum absolute atomic E-state index is 5.89. The maximum Gasteiger partial charge on any atom is 0.173 e. The first-order chi connectivity index (χ1) is 6.91. The van der Waals surface area contributed by atoms with Gasteiger partial charge in [-0.3, -0.25) is 4.68 Å². The molecule has 0 bridgehead atoms. The third-order valence-corrected chi connectivity index (χ3v) is 2.64. The molecule has 0 saturated carbocycles. The summed E-state index contributed by atoms with van der Waals surface area (Å²) >= 11 is 0. The van der Waals surface area contributed by atoms with Gasteiger partial charge in [-0.25, -0.2) is 0 Å². The van der Waals surface area contributed by atoms with Crippen LogP contribution in [0.25, 0.3) is 0 Å². The van der Waals surface area contributed by atoms with E-state index in [0.717, 1.165) is 17.9 Å². The highest BCUT2D eigenvalue weighted by molar-refractivity contribution is 5.61. The molecular weight excluding hydrogens is 188 g/mol. The summed E-state index contributed by atoms with van der Waals surface area (Å²) < 4.78 is 1.75. The molecule has 15 heavy (non-hydrogen) atoms. The average molecular weight is 210 g/mol. The smallest absolute Gasteiger partial charge is 0.173 e. The second-order valence-electron chi connectivity index (χ2n) is 4.67. The quantitative estimate of drug-likeness (QED) is 0.825. The fourth-order valence-electron chi connectivity index (χ4n) is 1.82. The topological polar surface area (TPSA) is 47.1 Å². The minimum absolute atomic E-state index is 0.460. The van der Waals surface area contributed by atoms with Crippen molar-refractivity contribution in [3.63, 3.8) is 0 Å². The van der Waals surface area contributed by atoms with E-state index in [1.165, 1.54) is 0 Å². The average Bonchev–Trinajstić information content (AvgIpc) is 2.42. The Bertz CT molecular complexity index is 316. The van der Waals surface area contributed by atoms with Gasteiger partial charge in [0.15, 0.2) is 5.82 Å². The van der Waals surface area contributed by atoms with Crippen molar-refractivity contribution in [1.82, 2.24) is 9.78 Å². The van der Waals surface area contributed by atoms with E-state index >= 15 is 0 Å². The predicted molar refractivity (Wildman–Crippen MR) is 64.9 cm³/mol. The third kappa shape index (κ3) is 2.88. The molecule has 1 rings (SSSR count). The number of hydrogen-bond donors (Lipinski definition) is 1. The number of anilines is 2. The molecule has 0 radical (unpaired) electrons. The minimum Gasteiger partial charge on any atom is -0.394 e. The van der Waals surface area contributed by atoms with Gasteiger partial charge in [-0.1, -0.05) is 13.8 Å². The van der Waals surface area contributed by atoms with Crippen LogP contribution < -0.4 is 10.6 Å². The van der Waals surface area contributed by atoms with E-state index in [1.54, 1.807) is 4.68 Å². The molecule has 2 N–H and O–H groups in total. The van der Waals surface area contributed by atoms with Crippen molar-refractivity contribution in [2.45, 2.75) is 33.2 Å². The van der Waals surface area contributed by atoms with E-state index in [4.69, 9.17) is 5.73 Å². The zero-order valence-corrected chi connectivity index (χ0v) is 10.4. The van der Waals surface area contributed by atoms with Crippen LogP contribution in [0.15, 0.2) is 6.20 Å². The summed E-state index contributed by atoms with van der Waals surface area (Å²) in [6, 6.07) is 0.460. The maximum atomic E-state index is 5.89. The van der Waals surface area contributed by atoms with Crippen molar-refractivity contribution in [2.75, 3.05) is 17.7 Å². The van der Waals surface area contributed by atoms with Gasteiger partial charge >= 0.3 is 0 Å². The van der Waals surface area contributed by atoms with Crippen molar-refractivity contribution in [2.24, 2.45) is 13.0 Å². The lowest BCUT2D eigenvalue weighted by Crippen LogP contribution is -2.31. The Morgan fingerprint density at radius 3 is 2.47 bits per heavy atom. The standard InChI is InChI=1S/C11H22N4/c1-8(2)6-9(3)15(5)11-10(12)7-14(4)13-11/h7-9H,6,12H2,1-5H3. The number of nitrogens with two attached hydrogens (primary N) is 1. The lowest BCUT2D eigenvalue weighted by atomic mass is 10.0. The Balaban J connectivity index is 2.75. The molecule has 4 heteroatoms. The monoisotopic (exact) mass is 210 g/mol. The largest absolute Gasteiger partial charge is 0.394 e. The molecule has 4 nitrogen and oxygen atoms in total. The number of aryl methyl sites for hydroxylation is 1. The zero-order valence-electron chi connectivity index (χ0n) is 10.4. The molecule has 1 unspecified atom stereocenters. The van der Waals surface area contributed by atoms with Crippen LogP contribution in [0.3, 0.4) is 0 Å². The Morgan fingerprint density at radius 2 is 2.07 bits per heavy atom. The predicted octanol–water partition coefficient (Wildman–Crippen LogP) is 1.87. The summed E-state index contributed by atoms with van der Waals surface area (Å²) in [6.07, 6.45) is 2.99. The summed E-state index contributed by atoms with van der Waals surface area (Å²) in [4.78, 5) is 2.15. The first-order valence-corrected chi connectivity index (χ1v) is 5.43. The SMILES string of the molecule is CC(C)CC(C)N(C)c1nn(C)cc1N. The van der Waals surface area contributed by atoms with Crippen molar-refractivity contribution in [1.29, 1.82) is 0 Å². The van der Waals surface area contributed by atoms with Gasteiger partial charge in [-0.2, -0.15) is 5.10 Å². The molecule has 0 spiro atoms. The van der Waals surface area contributed by atoms with Crippen molar-refractivity contribution in [3.8, 4) is 0 Å².